The zero-order chi connectivity index (χ0) is 17.3. The zero-order valence-electron chi connectivity index (χ0n) is 13.4. The van der Waals surface area contributed by atoms with Gasteiger partial charge in [-0.1, -0.05) is 0 Å². The highest BCUT2D eigenvalue weighted by Crippen LogP contribution is 2.19. The molecule has 122 valence electrons. The average Bonchev–Trinajstić information content (AvgIpc) is 2.99. The Morgan fingerprint density at radius 3 is 2.75 bits per heavy atom. The molecule has 0 aliphatic carbocycles. The maximum absolute atomic E-state index is 12.2. The molecule has 0 unspecified atom stereocenters. The molecule has 0 radical (unpaired) electrons. The van der Waals surface area contributed by atoms with Gasteiger partial charge >= 0.3 is 5.97 Å². The number of pyridine rings is 2. The van der Waals surface area contributed by atoms with Crippen molar-refractivity contribution in [3.8, 4) is 0 Å². The third-order valence-electron chi connectivity index (χ3n) is 3.52. The lowest BCUT2D eigenvalue weighted by Crippen LogP contribution is -2.13. The average molecular weight is 325 g/mol. The first-order valence-electron chi connectivity index (χ1n) is 7.18. The second-order valence-electron chi connectivity index (χ2n) is 5.20. The van der Waals surface area contributed by atoms with E-state index in [-0.39, 0.29) is 11.9 Å². The molecule has 0 aromatic carbocycles. The molecule has 8 nitrogen and oxygen atoms in total. The van der Waals surface area contributed by atoms with E-state index in [0.29, 0.717) is 16.8 Å². The zero-order valence-corrected chi connectivity index (χ0v) is 13.4. The van der Waals surface area contributed by atoms with Gasteiger partial charge in [0.05, 0.1) is 12.7 Å². The van der Waals surface area contributed by atoms with E-state index in [4.69, 9.17) is 4.74 Å². The fourth-order valence-corrected chi connectivity index (χ4v) is 2.42. The largest absolute Gasteiger partial charge is 0.465 e. The second kappa shape index (κ2) is 6.07. The van der Waals surface area contributed by atoms with Crippen LogP contribution in [0.25, 0.3) is 5.65 Å². The Kier molecular flexibility index (Phi) is 3.95. The van der Waals surface area contributed by atoms with Gasteiger partial charge in [-0.05, 0) is 37.6 Å². The highest BCUT2D eigenvalue weighted by Gasteiger charge is 2.20. The summed E-state index contributed by atoms with van der Waals surface area (Å²) in [6.45, 7) is 3.63. The summed E-state index contributed by atoms with van der Waals surface area (Å²) >= 11 is 0. The van der Waals surface area contributed by atoms with Crippen molar-refractivity contribution < 1.29 is 14.3 Å². The second-order valence-corrected chi connectivity index (χ2v) is 5.20. The van der Waals surface area contributed by atoms with Crippen molar-refractivity contribution in [2.75, 3.05) is 12.4 Å². The monoisotopic (exact) mass is 325 g/mol. The Morgan fingerprint density at radius 2 is 2.08 bits per heavy atom. The fourth-order valence-electron chi connectivity index (χ4n) is 2.42. The van der Waals surface area contributed by atoms with E-state index >= 15 is 0 Å². The Morgan fingerprint density at radius 1 is 1.29 bits per heavy atom. The van der Waals surface area contributed by atoms with Gasteiger partial charge in [-0.2, -0.15) is 4.98 Å². The maximum atomic E-state index is 12.2. The van der Waals surface area contributed by atoms with Crippen molar-refractivity contribution in [3.63, 3.8) is 0 Å². The Bertz CT molecular complexity index is 934. The van der Waals surface area contributed by atoms with Gasteiger partial charge in [-0.15, -0.1) is 5.10 Å². The summed E-state index contributed by atoms with van der Waals surface area (Å²) < 4.78 is 6.31. The number of aryl methyl sites for hydroxylation is 2. The normalized spacial score (nSPS) is 10.6. The Hall–Kier alpha value is -3.29. The van der Waals surface area contributed by atoms with E-state index in [1.807, 2.05) is 6.92 Å². The van der Waals surface area contributed by atoms with Crippen molar-refractivity contribution in [2.24, 2.45) is 0 Å². The van der Waals surface area contributed by atoms with Gasteiger partial charge in [0.25, 0.3) is 5.91 Å². The highest BCUT2D eigenvalue weighted by molar-refractivity contribution is 6.03. The van der Waals surface area contributed by atoms with Crippen molar-refractivity contribution >= 4 is 23.5 Å². The number of hydrogen-bond acceptors (Lipinski definition) is 6. The van der Waals surface area contributed by atoms with Crippen LogP contribution >= 0.6 is 0 Å². The number of amides is 1. The first-order valence-corrected chi connectivity index (χ1v) is 7.18. The van der Waals surface area contributed by atoms with Crippen molar-refractivity contribution in [1.82, 2.24) is 19.6 Å². The first-order chi connectivity index (χ1) is 11.5. The topological polar surface area (TPSA) is 98.5 Å². The predicted molar refractivity (Wildman–Crippen MR) is 86.0 cm³/mol. The molecule has 0 bridgehead atoms. The number of esters is 1. The van der Waals surface area contributed by atoms with Crippen molar-refractivity contribution in [2.45, 2.75) is 13.8 Å². The van der Waals surface area contributed by atoms with E-state index in [1.54, 1.807) is 31.3 Å². The molecule has 3 rings (SSSR count). The van der Waals surface area contributed by atoms with Crippen LogP contribution in [0, 0.1) is 13.8 Å². The molecule has 0 saturated carbocycles. The summed E-state index contributed by atoms with van der Waals surface area (Å²) in [5.74, 6) is -0.786. The molecule has 0 atom stereocenters. The molecule has 3 aromatic rings. The number of carbonyl (C=O) groups is 2. The molecule has 3 aromatic heterocycles. The van der Waals surface area contributed by atoms with Crippen LogP contribution in [-0.2, 0) is 4.74 Å². The van der Waals surface area contributed by atoms with E-state index < -0.39 is 5.97 Å². The molecule has 0 fully saturated rings. The van der Waals surface area contributed by atoms with Crippen molar-refractivity contribution in [1.29, 1.82) is 0 Å². The Labute approximate surface area is 137 Å². The number of rotatable bonds is 3. The number of methoxy groups -OCH3 is 1. The molecule has 0 spiro atoms. The van der Waals surface area contributed by atoms with E-state index in [9.17, 15) is 9.59 Å². The number of hydrogen-bond donors (Lipinski definition) is 1. The van der Waals surface area contributed by atoms with Gasteiger partial charge in [-0.3, -0.25) is 15.1 Å². The number of carbonyl (C=O) groups excluding carboxylic acids is 2. The number of fused-ring (bicyclic) bond motifs is 1. The molecule has 24 heavy (non-hydrogen) atoms. The summed E-state index contributed by atoms with van der Waals surface area (Å²) in [5, 5.41) is 6.85. The van der Waals surface area contributed by atoms with E-state index in [2.05, 4.69) is 20.4 Å². The fraction of sp³-hybridized carbons (Fsp3) is 0.188. The SMILES string of the molecule is COC(=O)c1c(C)cc(C)n2nc(NC(=O)c3cccnc3)nc12. The van der Waals surface area contributed by atoms with Gasteiger partial charge in [0.15, 0.2) is 5.65 Å². The molecule has 8 heteroatoms. The minimum Gasteiger partial charge on any atom is -0.465 e. The number of nitrogens with zero attached hydrogens (tertiary/aromatic N) is 4. The molecule has 0 aliphatic rings. The molecule has 1 N–H and O–H groups in total. The summed E-state index contributed by atoms with van der Waals surface area (Å²) in [7, 11) is 1.31. The van der Waals surface area contributed by atoms with Crippen LogP contribution in [0.5, 0.6) is 0 Å². The number of anilines is 1. The smallest absolute Gasteiger partial charge is 0.341 e. The third-order valence-corrected chi connectivity index (χ3v) is 3.52. The van der Waals surface area contributed by atoms with E-state index in [0.717, 1.165) is 11.3 Å². The number of nitrogens with one attached hydrogen (secondary N) is 1. The van der Waals surface area contributed by atoms with E-state index in [1.165, 1.54) is 17.8 Å². The van der Waals surface area contributed by atoms with Crippen LogP contribution in [-0.4, -0.2) is 38.6 Å². The van der Waals surface area contributed by atoms with Crippen LogP contribution in [0.3, 0.4) is 0 Å². The predicted octanol–water partition coefficient (Wildman–Crippen LogP) is 1.78. The van der Waals surface area contributed by atoms with Gasteiger partial charge in [0.2, 0.25) is 5.95 Å². The van der Waals surface area contributed by atoms with Crippen LogP contribution in [0.4, 0.5) is 5.95 Å². The summed E-state index contributed by atoms with van der Waals surface area (Å²) in [6, 6.07) is 5.10. The minimum absolute atomic E-state index is 0.0997. The molecule has 0 saturated heterocycles. The first kappa shape index (κ1) is 15.6. The lowest BCUT2D eigenvalue weighted by Gasteiger charge is -2.06. The molecule has 0 aliphatic heterocycles. The molecular weight excluding hydrogens is 310 g/mol. The van der Waals surface area contributed by atoms with Gasteiger partial charge in [0, 0.05) is 18.1 Å². The summed E-state index contributed by atoms with van der Waals surface area (Å²) in [6.07, 6.45) is 3.02. The highest BCUT2D eigenvalue weighted by atomic mass is 16.5. The lowest BCUT2D eigenvalue weighted by molar-refractivity contribution is 0.0601. The number of ether oxygens (including phenoxy) is 1. The number of aromatic nitrogens is 4. The molecule has 3 heterocycles. The quantitative estimate of drug-likeness (QED) is 0.737. The van der Waals surface area contributed by atoms with Crippen LogP contribution < -0.4 is 5.32 Å². The van der Waals surface area contributed by atoms with Crippen LogP contribution in [0.15, 0.2) is 30.6 Å². The van der Waals surface area contributed by atoms with Gasteiger partial charge in [0.1, 0.15) is 5.56 Å². The lowest BCUT2D eigenvalue weighted by atomic mass is 10.1. The summed E-state index contributed by atoms with van der Waals surface area (Å²) in [5.41, 5.74) is 2.55. The van der Waals surface area contributed by atoms with Crippen molar-refractivity contribution in [3.05, 3.63) is 53.0 Å². The van der Waals surface area contributed by atoms with Crippen LogP contribution in [0.2, 0.25) is 0 Å². The standard InChI is InChI=1S/C16H15N5O3/c1-9-7-10(2)21-13(12(9)15(23)24-3)18-16(20-21)19-14(22)11-5-4-6-17-8-11/h4-8H,1-3H3,(H,19,20,22). The molecular formula is C16H15N5O3. The summed E-state index contributed by atoms with van der Waals surface area (Å²) in [4.78, 5) is 32.4. The minimum atomic E-state index is -0.505. The van der Waals surface area contributed by atoms with Gasteiger partial charge in [-0.25, -0.2) is 9.31 Å². The Balaban J connectivity index is 2.04. The van der Waals surface area contributed by atoms with Gasteiger partial charge < -0.3 is 4.74 Å². The maximum Gasteiger partial charge on any atom is 0.341 e. The molecule has 1 amide bonds. The van der Waals surface area contributed by atoms with Crippen LogP contribution in [0.1, 0.15) is 32.0 Å². The third kappa shape index (κ3) is 2.69.